The van der Waals surface area contributed by atoms with E-state index in [1.165, 1.54) is 29.2 Å². The summed E-state index contributed by atoms with van der Waals surface area (Å²) in [7, 11) is 0. The predicted molar refractivity (Wildman–Crippen MR) is 151 cm³/mol. The third-order valence-corrected chi connectivity index (χ3v) is 6.63. The van der Waals surface area contributed by atoms with Crippen LogP contribution in [0.15, 0.2) is 59.6 Å². The monoisotopic (exact) mass is 552 g/mol. The Morgan fingerprint density at radius 3 is 2.42 bits per heavy atom. The quantitative estimate of drug-likeness (QED) is 0.0841. The van der Waals surface area contributed by atoms with Crippen molar-refractivity contribution in [1.82, 2.24) is 10.2 Å². The number of anilines is 1. The van der Waals surface area contributed by atoms with Gasteiger partial charge in [0.15, 0.2) is 5.96 Å². The zero-order valence-corrected chi connectivity index (χ0v) is 22.2. The molecule has 8 N–H and O–H groups in total. The average molecular weight is 553 g/mol. The van der Waals surface area contributed by atoms with Crippen molar-refractivity contribution in [2.75, 3.05) is 18.4 Å². The molecule has 0 aliphatic carbocycles. The summed E-state index contributed by atoms with van der Waals surface area (Å²) in [6.07, 6.45) is 2.90. The highest BCUT2D eigenvalue weighted by molar-refractivity contribution is 5.98. The number of benzene rings is 2. The average Bonchev–Trinajstić information content (AvgIpc) is 2.94. The van der Waals surface area contributed by atoms with Crippen LogP contribution >= 0.6 is 0 Å². The molecule has 0 bridgehead atoms. The maximum Gasteiger partial charge on any atom is 0.269 e. The fraction of sp³-hybridized carbons (Fsp3) is 0.407. The number of nitro groups is 1. The Morgan fingerprint density at radius 1 is 1.07 bits per heavy atom. The fourth-order valence-electron chi connectivity index (χ4n) is 4.57. The second-order valence-electron chi connectivity index (χ2n) is 9.64. The first-order valence-corrected chi connectivity index (χ1v) is 13.2. The highest BCUT2D eigenvalue weighted by Gasteiger charge is 2.36. The van der Waals surface area contributed by atoms with Crippen molar-refractivity contribution in [3.8, 4) is 0 Å². The molecule has 1 saturated heterocycles. The smallest absolute Gasteiger partial charge is 0.269 e. The van der Waals surface area contributed by atoms with Crippen molar-refractivity contribution in [3.63, 3.8) is 0 Å². The number of nitrogens with zero attached hydrogens (tertiary/aromatic N) is 3. The number of guanidine groups is 1. The molecule has 3 amide bonds. The van der Waals surface area contributed by atoms with Crippen LogP contribution in [0, 0.1) is 10.1 Å². The van der Waals surface area contributed by atoms with Crippen molar-refractivity contribution in [2.24, 2.45) is 22.2 Å². The predicted octanol–water partition coefficient (Wildman–Crippen LogP) is 1.02. The van der Waals surface area contributed by atoms with Crippen LogP contribution in [0.3, 0.4) is 0 Å². The van der Waals surface area contributed by atoms with E-state index in [1.54, 1.807) is 0 Å². The SMILES string of the molecule is NC(N)=NCCC[C@H](NC(=O)[C@@H]1CCCCN1C(=O)[C@H](N)Cc1ccccc1)C(=O)Nc1ccc([N+](=O)[O-])cc1. The van der Waals surface area contributed by atoms with E-state index in [4.69, 9.17) is 17.2 Å². The Labute approximate surface area is 232 Å². The van der Waals surface area contributed by atoms with Gasteiger partial charge in [0, 0.05) is 30.9 Å². The summed E-state index contributed by atoms with van der Waals surface area (Å²) in [6, 6.07) is 12.2. The summed E-state index contributed by atoms with van der Waals surface area (Å²) < 4.78 is 0. The molecule has 13 nitrogen and oxygen atoms in total. The highest BCUT2D eigenvalue weighted by atomic mass is 16.6. The molecule has 214 valence electrons. The molecule has 3 atom stereocenters. The van der Waals surface area contributed by atoms with Gasteiger partial charge in [-0.05, 0) is 56.2 Å². The standard InChI is InChI=1S/C27H36N8O5/c28-21(17-18-7-2-1-3-8-18)26(38)34-16-5-4-10-23(34)25(37)33-22(9-6-15-31-27(29)30)24(36)32-19-11-13-20(14-12-19)35(39)40/h1-3,7-8,11-14,21-23H,4-6,9-10,15-17,28H2,(H,32,36)(H,33,37)(H4,29,30,31)/t21-,22+,23+/m1/s1. The maximum absolute atomic E-state index is 13.5. The van der Waals surface area contributed by atoms with E-state index in [-0.39, 0.29) is 30.5 Å². The molecule has 0 spiro atoms. The Balaban J connectivity index is 1.71. The van der Waals surface area contributed by atoms with Crippen LogP contribution in [0.5, 0.6) is 0 Å². The van der Waals surface area contributed by atoms with Gasteiger partial charge in [0.05, 0.1) is 11.0 Å². The van der Waals surface area contributed by atoms with Crippen LogP contribution < -0.4 is 27.8 Å². The van der Waals surface area contributed by atoms with Crippen LogP contribution in [0.1, 0.15) is 37.7 Å². The number of likely N-dealkylation sites (tertiary alicyclic amines) is 1. The van der Waals surface area contributed by atoms with E-state index < -0.39 is 34.9 Å². The van der Waals surface area contributed by atoms with Crippen LogP contribution in [0.2, 0.25) is 0 Å². The van der Waals surface area contributed by atoms with Gasteiger partial charge >= 0.3 is 0 Å². The fourth-order valence-corrected chi connectivity index (χ4v) is 4.57. The summed E-state index contributed by atoms with van der Waals surface area (Å²) in [5, 5.41) is 16.4. The molecule has 1 fully saturated rings. The van der Waals surface area contributed by atoms with Crippen molar-refractivity contribution >= 4 is 35.1 Å². The Hall–Kier alpha value is -4.52. The first-order chi connectivity index (χ1) is 19.2. The van der Waals surface area contributed by atoms with Crippen LogP contribution in [-0.2, 0) is 20.8 Å². The van der Waals surface area contributed by atoms with Crippen molar-refractivity contribution in [2.45, 2.75) is 56.7 Å². The lowest BCUT2D eigenvalue weighted by Crippen LogP contribution is -2.58. The Morgan fingerprint density at radius 2 is 1.77 bits per heavy atom. The normalized spacial score (nSPS) is 16.3. The summed E-state index contributed by atoms with van der Waals surface area (Å²) in [6.45, 7) is 0.644. The largest absolute Gasteiger partial charge is 0.370 e. The van der Waals surface area contributed by atoms with E-state index in [1.807, 2.05) is 30.3 Å². The number of nitrogens with two attached hydrogens (primary N) is 3. The molecule has 0 radical (unpaired) electrons. The van der Waals surface area contributed by atoms with Gasteiger partial charge in [-0.25, -0.2) is 0 Å². The van der Waals surface area contributed by atoms with Gasteiger partial charge in [0.2, 0.25) is 17.7 Å². The van der Waals surface area contributed by atoms with Crippen molar-refractivity contribution < 1.29 is 19.3 Å². The van der Waals surface area contributed by atoms with Gasteiger partial charge in [0.1, 0.15) is 12.1 Å². The molecule has 0 saturated carbocycles. The highest BCUT2D eigenvalue weighted by Crippen LogP contribution is 2.20. The number of carbonyl (C=O) groups excluding carboxylic acids is 3. The first-order valence-electron chi connectivity index (χ1n) is 13.2. The van der Waals surface area contributed by atoms with Crippen LogP contribution in [0.4, 0.5) is 11.4 Å². The number of carbonyl (C=O) groups is 3. The molecular weight excluding hydrogens is 516 g/mol. The minimum Gasteiger partial charge on any atom is -0.370 e. The van der Waals surface area contributed by atoms with Crippen LogP contribution in [0.25, 0.3) is 0 Å². The number of nitro benzene ring substituents is 1. The summed E-state index contributed by atoms with van der Waals surface area (Å²) in [5.41, 5.74) is 18.2. The van der Waals surface area contributed by atoms with E-state index >= 15 is 0 Å². The number of amides is 3. The van der Waals surface area contributed by atoms with E-state index in [0.717, 1.165) is 18.4 Å². The molecule has 1 aliphatic heterocycles. The van der Waals surface area contributed by atoms with Crippen molar-refractivity contribution in [1.29, 1.82) is 0 Å². The summed E-state index contributed by atoms with van der Waals surface area (Å²) in [4.78, 5) is 55.7. The molecule has 1 aliphatic rings. The van der Waals surface area contributed by atoms with Crippen molar-refractivity contribution in [3.05, 3.63) is 70.3 Å². The molecule has 13 heteroatoms. The molecule has 0 unspecified atom stereocenters. The van der Waals surface area contributed by atoms with Gasteiger partial charge < -0.3 is 32.7 Å². The second kappa shape index (κ2) is 14.6. The maximum atomic E-state index is 13.5. The van der Waals surface area contributed by atoms with Gasteiger partial charge in [-0.3, -0.25) is 29.5 Å². The second-order valence-corrected chi connectivity index (χ2v) is 9.64. The number of hydrogen-bond donors (Lipinski definition) is 5. The van der Waals surface area contributed by atoms with E-state index in [9.17, 15) is 24.5 Å². The molecule has 0 aromatic heterocycles. The molecular formula is C27H36N8O5. The van der Waals surface area contributed by atoms with Gasteiger partial charge in [-0.1, -0.05) is 30.3 Å². The number of hydrogen-bond acceptors (Lipinski definition) is 7. The lowest BCUT2D eigenvalue weighted by molar-refractivity contribution is -0.384. The van der Waals surface area contributed by atoms with Gasteiger partial charge in [-0.15, -0.1) is 0 Å². The van der Waals surface area contributed by atoms with Gasteiger partial charge in [-0.2, -0.15) is 0 Å². The number of aliphatic imine (C=N–C) groups is 1. The van der Waals surface area contributed by atoms with Gasteiger partial charge in [0.25, 0.3) is 5.69 Å². The molecule has 3 rings (SSSR count). The Kier molecular flexibility index (Phi) is 10.9. The third kappa shape index (κ3) is 8.76. The summed E-state index contributed by atoms with van der Waals surface area (Å²) >= 11 is 0. The Bertz CT molecular complexity index is 1200. The molecule has 2 aromatic carbocycles. The minimum absolute atomic E-state index is 0.0841. The minimum atomic E-state index is -0.964. The lowest BCUT2D eigenvalue weighted by atomic mass is 9.98. The molecule has 40 heavy (non-hydrogen) atoms. The number of non-ortho nitro benzene ring substituents is 1. The molecule has 1 heterocycles. The van der Waals surface area contributed by atoms with E-state index in [0.29, 0.717) is 31.5 Å². The molecule has 2 aromatic rings. The topological polar surface area (TPSA) is 212 Å². The number of rotatable bonds is 12. The number of nitrogens with one attached hydrogen (secondary N) is 2. The summed E-state index contributed by atoms with van der Waals surface area (Å²) in [5.74, 6) is -1.37. The third-order valence-electron chi connectivity index (χ3n) is 6.63. The zero-order chi connectivity index (χ0) is 29.1. The first kappa shape index (κ1) is 30.0. The number of piperidine rings is 1. The zero-order valence-electron chi connectivity index (χ0n) is 22.2. The van der Waals surface area contributed by atoms with Crippen LogP contribution in [-0.4, -0.2) is 64.7 Å². The van der Waals surface area contributed by atoms with E-state index in [2.05, 4.69) is 15.6 Å². The lowest BCUT2D eigenvalue weighted by Gasteiger charge is -2.37.